The summed E-state index contributed by atoms with van der Waals surface area (Å²) in [7, 11) is 0. The number of terminal acetylenes is 1. The molecule has 1 aliphatic rings. The highest BCUT2D eigenvalue weighted by molar-refractivity contribution is 5.82. The molecule has 1 unspecified atom stereocenters. The van der Waals surface area contributed by atoms with Crippen LogP contribution in [-0.4, -0.2) is 17.5 Å². The maximum atomic E-state index is 11.6. The van der Waals surface area contributed by atoms with Crippen LogP contribution >= 0.6 is 0 Å². The van der Waals surface area contributed by atoms with Crippen molar-refractivity contribution in [2.24, 2.45) is 5.73 Å². The lowest BCUT2D eigenvalue weighted by molar-refractivity contribution is -0.124. The molecule has 1 amide bonds. The van der Waals surface area contributed by atoms with E-state index in [9.17, 15) is 4.79 Å². The molecule has 0 bridgehead atoms. The first-order valence-corrected chi connectivity index (χ1v) is 5.08. The predicted molar refractivity (Wildman–Crippen MR) is 56.4 cm³/mol. The Labute approximate surface area is 85.4 Å². The zero-order valence-corrected chi connectivity index (χ0v) is 8.68. The van der Waals surface area contributed by atoms with Crippen LogP contribution in [0.15, 0.2) is 0 Å². The maximum Gasteiger partial charge on any atom is 0.238 e. The lowest BCUT2D eigenvalue weighted by Gasteiger charge is -2.26. The Morgan fingerprint density at radius 1 is 1.64 bits per heavy atom. The van der Waals surface area contributed by atoms with Crippen molar-refractivity contribution in [1.82, 2.24) is 5.32 Å². The first-order chi connectivity index (χ1) is 6.57. The Hall–Kier alpha value is -1.01. The summed E-state index contributed by atoms with van der Waals surface area (Å²) in [5, 5.41) is 2.98. The van der Waals surface area contributed by atoms with Crippen LogP contribution in [0.25, 0.3) is 0 Å². The molecule has 1 aliphatic carbocycles. The van der Waals surface area contributed by atoms with Gasteiger partial charge < -0.3 is 11.1 Å². The van der Waals surface area contributed by atoms with Gasteiger partial charge in [-0.1, -0.05) is 12.8 Å². The van der Waals surface area contributed by atoms with Crippen LogP contribution in [0.5, 0.6) is 0 Å². The van der Waals surface area contributed by atoms with Gasteiger partial charge in [0, 0.05) is 12.0 Å². The molecular weight excluding hydrogens is 176 g/mol. The van der Waals surface area contributed by atoms with Gasteiger partial charge in [-0.05, 0) is 19.8 Å². The molecule has 1 rings (SSSR count). The molecule has 3 N–H and O–H groups in total. The van der Waals surface area contributed by atoms with Crippen LogP contribution in [0.1, 0.15) is 39.0 Å². The summed E-state index contributed by atoms with van der Waals surface area (Å²) in [5.74, 6) is 2.28. The topological polar surface area (TPSA) is 55.1 Å². The molecule has 1 fully saturated rings. The summed E-state index contributed by atoms with van der Waals surface area (Å²) in [6, 6.07) is -0.558. The van der Waals surface area contributed by atoms with Crippen molar-refractivity contribution < 1.29 is 4.79 Å². The van der Waals surface area contributed by atoms with E-state index in [1.165, 1.54) is 12.8 Å². The Bertz CT molecular complexity index is 249. The Morgan fingerprint density at radius 2 is 2.21 bits per heavy atom. The van der Waals surface area contributed by atoms with Gasteiger partial charge in [0.15, 0.2) is 0 Å². The SMILES string of the molecule is C#CCC(N)C(=O)NC1(C)CCCC1. The van der Waals surface area contributed by atoms with Gasteiger partial charge in [-0.15, -0.1) is 12.3 Å². The highest BCUT2D eigenvalue weighted by Gasteiger charge is 2.31. The van der Waals surface area contributed by atoms with Crippen LogP contribution in [0, 0.1) is 12.3 Å². The van der Waals surface area contributed by atoms with E-state index in [4.69, 9.17) is 12.2 Å². The maximum absolute atomic E-state index is 11.6. The van der Waals surface area contributed by atoms with Crippen molar-refractivity contribution in [2.75, 3.05) is 0 Å². The molecule has 3 heteroatoms. The highest BCUT2D eigenvalue weighted by Crippen LogP contribution is 2.28. The number of hydrogen-bond donors (Lipinski definition) is 2. The van der Waals surface area contributed by atoms with Crippen molar-refractivity contribution in [2.45, 2.75) is 50.6 Å². The molecule has 78 valence electrons. The quantitative estimate of drug-likeness (QED) is 0.652. The molecule has 0 aromatic heterocycles. The first kappa shape index (κ1) is 11.1. The number of nitrogens with two attached hydrogens (primary N) is 1. The zero-order valence-electron chi connectivity index (χ0n) is 8.68. The van der Waals surface area contributed by atoms with E-state index in [-0.39, 0.29) is 11.4 Å². The van der Waals surface area contributed by atoms with Crippen molar-refractivity contribution in [1.29, 1.82) is 0 Å². The Morgan fingerprint density at radius 3 is 2.71 bits per heavy atom. The molecule has 0 aliphatic heterocycles. The molecular formula is C11H18N2O. The molecule has 1 atom stereocenters. The molecule has 3 nitrogen and oxygen atoms in total. The monoisotopic (exact) mass is 194 g/mol. The summed E-state index contributed by atoms with van der Waals surface area (Å²) < 4.78 is 0. The average Bonchev–Trinajstić information content (AvgIpc) is 2.52. The fourth-order valence-corrected chi connectivity index (χ4v) is 1.89. The standard InChI is InChI=1S/C11H18N2O/c1-3-6-9(12)10(14)13-11(2)7-4-5-8-11/h1,9H,4-8,12H2,2H3,(H,13,14). The zero-order chi connectivity index (χ0) is 10.6. The Kier molecular flexibility index (Phi) is 3.54. The molecule has 1 saturated carbocycles. The van der Waals surface area contributed by atoms with Gasteiger partial charge in [0.2, 0.25) is 5.91 Å². The van der Waals surface area contributed by atoms with E-state index in [0.29, 0.717) is 6.42 Å². The van der Waals surface area contributed by atoms with Crippen LogP contribution < -0.4 is 11.1 Å². The second kappa shape index (κ2) is 4.47. The number of carbonyl (C=O) groups excluding carboxylic acids is 1. The van der Waals surface area contributed by atoms with Crippen LogP contribution in [0.4, 0.5) is 0 Å². The van der Waals surface area contributed by atoms with Crippen molar-refractivity contribution in [3.63, 3.8) is 0 Å². The number of rotatable bonds is 3. The van der Waals surface area contributed by atoms with E-state index < -0.39 is 6.04 Å². The second-order valence-electron chi connectivity index (χ2n) is 4.27. The van der Waals surface area contributed by atoms with Crippen molar-refractivity contribution >= 4 is 5.91 Å². The number of carbonyl (C=O) groups is 1. The predicted octanol–water partition coefficient (Wildman–Crippen LogP) is 0.786. The molecule has 0 radical (unpaired) electrons. The van der Waals surface area contributed by atoms with E-state index in [1.807, 2.05) is 0 Å². The van der Waals surface area contributed by atoms with Gasteiger partial charge in [-0.3, -0.25) is 4.79 Å². The van der Waals surface area contributed by atoms with E-state index in [0.717, 1.165) is 12.8 Å². The van der Waals surface area contributed by atoms with Crippen molar-refractivity contribution in [3.05, 3.63) is 0 Å². The molecule has 0 aromatic rings. The van der Waals surface area contributed by atoms with E-state index >= 15 is 0 Å². The van der Waals surface area contributed by atoms with Gasteiger partial charge in [0.25, 0.3) is 0 Å². The van der Waals surface area contributed by atoms with Gasteiger partial charge in [-0.25, -0.2) is 0 Å². The van der Waals surface area contributed by atoms with Crippen LogP contribution in [0.2, 0.25) is 0 Å². The second-order valence-corrected chi connectivity index (χ2v) is 4.27. The van der Waals surface area contributed by atoms with Crippen LogP contribution in [-0.2, 0) is 4.79 Å². The summed E-state index contributed by atoms with van der Waals surface area (Å²) >= 11 is 0. The van der Waals surface area contributed by atoms with Gasteiger partial charge in [0.05, 0.1) is 6.04 Å². The minimum atomic E-state index is -0.558. The molecule has 14 heavy (non-hydrogen) atoms. The molecule has 0 spiro atoms. The largest absolute Gasteiger partial charge is 0.350 e. The lowest BCUT2D eigenvalue weighted by atomic mass is 10.00. The summed E-state index contributed by atoms with van der Waals surface area (Å²) in [6.07, 6.45) is 9.86. The minimum absolute atomic E-state index is 0.0523. The normalized spacial score (nSPS) is 21.2. The summed E-state index contributed by atoms with van der Waals surface area (Å²) in [5.41, 5.74) is 5.56. The fraction of sp³-hybridized carbons (Fsp3) is 0.727. The minimum Gasteiger partial charge on any atom is -0.350 e. The first-order valence-electron chi connectivity index (χ1n) is 5.08. The molecule has 0 aromatic carbocycles. The van der Waals surface area contributed by atoms with E-state index in [1.54, 1.807) is 0 Å². The van der Waals surface area contributed by atoms with Gasteiger partial charge >= 0.3 is 0 Å². The third kappa shape index (κ3) is 2.74. The highest BCUT2D eigenvalue weighted by atomic mass is 16.2. The third-order valence-electron chi connectivity index (χ3n) is 2.81. The molecule has 0 saturated heterocycles. The number of amides is 1. The number of nitrogens with one attached hydrogen (secondary N) is 1. The smallest absolute Gasteiger partial charge is 0.238 e. The van der Waals surface area contributed by atoms with E-state index in [2.05, 4.69) is 18.2 Å². The van der Waals surface area contributed by atoms with Crippen molar-refractivity contribution in [3.8, 4) is 12.3 Å². The molecule has 0 heterocycles. The Balaban J connectivity index is 2.44. The van der Waals surface area contributed by atoms with Gasteiger partial charge in [0.1, 0.15) is 0 Å². The summed E-state index contributed by atoms with van der Waals surface area (Å²) in [4.78, 5) is 11.6. The summed E-state index contributed by atoms with van der Waals surface area (Å²) in [6.45, 7) is 2.07. The third-order valence-corrected chi connectivity index (χ3v) is 2.81. The average molecular weight is 194 g/mol. The van der Waals surface area contributed by atoms with Gasteiger partial charge in [-0.2, -0.15) is 0 Å². The lowest BCUT2D eigenvalue weighted by Crippen LogP contribution is -2.50. The number of hydrogen-bond acceptors (Lipinski definition) is 2. The fourth-order valence-electron chi connectivity index (χ4n) is 1.89. The van der Waals surface area contributed by atoms with Crippen LogP contribution in [0.3, 0.4) is 0 Å².